The summed E-state index contributed by atoms with van der Waals surface area (Å²) in [6, 6.07) is 14.7. The zero-order valence-electron chi connectivity index (χ0n) is 10.4. The van der Waals surface area contributed by atoms with Crippen molar-refractivity contribution in [3.63, 3.8) is 0 Å². The maximum atomic E-state index is 6.03. The molecular formula is C14H16CrOSi. The van der Waals surface area contributed by atoms with E-state index in [9.17, 15) is 0 Å². The van der Waals surface area contributed by atoms with Crippen molar-refractivity contribution in [2.45, 2.75) is 19.6 Å². The van der Waals surface area contributed by atoms with E-state index in [1.165, 1.54) is 10.8 Å². The standard InChI is InChI=1S/C14H16OSi.Cr/c1-16(2,3)15-11-13-9-6-8-12-7-4-5-10-14(12)13;/h4-10H,1-3H3;. The molecule has 0 spiro atoms. The SMILES string of the molecule is C[Si](C)(C)O[C](=[Cr])c1cccc2ccccc12. The van der Waals surface area contributed by atoms with Gasteiger partial charge in [0.25, 0.3) is 0 Å². The Bertz CT molecular complexity index is 552. The van der Waals surface area contributed by atoms with E-state index in [1.54, 1.807) is 0 Å². The van der Waals surface area contributed by atoms with Crippen molar-refractivity contribution in [1.29, 1.82) is 0 Å². The minimum atomic E-state index is -1.56. The Hall–Kier alpha value is -0.721. The molecule has 0 N–H and O–H groups in total. The van der Waals surface area contributed by atoms with Gasteiger partial charge in [0.05, 0.1) is 0 Å². The second-order valence-corrected chi connectivity index (χ2v) is 10.0. The second-order valence-electron chi connectivity index (χ2n) is 5.03. The number of benzene rings is 2. The van der Waals surface area contributed by atoms with Crippen molar-refractivity contribution in [3.05, 3.63) is 48.0 Å². The van der Waals surface area contributed by atoms with Crippen molar-refractivity contribution >= 4 is 23.7 Å². The fourth-order valence-electron chi connectivity index (χ4n) is 1.74. The van der Waals surface area contributed by atoms with Gasteiger partial charge in [0.1, 0.15) is 0 Å². The molecule has 0 atom stereocenters. The van der Waals surface area contributed by atoms with Crippen molar-refractivity contribution in [3.8, 4) is 0 Å². The molecule has 0 aromatic heterocycles. The first-order valence-electron chi connectivity index (χ1n) is 5.68. The summed E-state index contributed by atoms with van der Waals surface area (Å²) in [5.74, 6) is 0. The zero-order valence-corrected chi connectivity index (χ0v) is 12.6. The summed E-state index contributed by atoms with van der Waals surface area (Å²) in [5.41, 5.74) is 1.16. The second kappa shape index (κ2) is 4.88. The Morgan fingerprint density at radius 2 is 1.65 bits per heavy atom. The van der Waals surface area contributed by atoms with E-state index in [0.29, 0.717) is 0 Å². The average molecular weight is 280 g/mol. The van der Waals surface area contributed by atoms with Gasteiger partial charge in [-0.25, -0.2) is 0 Å². The van der Waals surface area contributed by atoms with Crippen LogP contribution in [-0.2, 0) is 20.3 Å². The number of rotatable bonds is 3. The van der Waals surface area contributed by atoms with Crippen LogP contribution in [0.1, 0.15) is 5.56 Å². The van der Waals surface area contributed by atoms with E-state index < -0.39 is 8.32 Å². The summed E-state index contributed by atoms with van der Waals surface area (Å²) in [6.07, 6.45) is 0. The summed E-state index contributed by atoms with van der Waals surface area (Å²) in [7, 11) is -1.56. The van der Waals surface area contributed by atoms with Crippen LogP contribution in [0.25, 0.3) is 10.8 Å². The Labute approximate surface area is 112 Å². The van der Waals surface area contributed by atoms with Crippen molar-refractivity contribution < 1.29 is 20.3 Å². The number of hydrogen-bond acceptors (Lipinski definition) is 1. The van der Waals surface area contributed by atoms with E-state index in [4.69, 9.17) is 4.43 Å². The predicted molar refractivity (Wildman–Crippen MR) is 72.5 cm³/mol. The van der Waals surface area contributed by atoms with Gasteiger partial charge in [-0.2, -0.15) is 0 Å². The monoisotopic (exact) mass is 280 g/mol. The molecule has 0 aliphatic heterocycles. The molecule has 2 aromatic carbocycles. The van der Waals surface area contributed by atoms with Crippen molar-refractivity contribution in [2.24, 2.45) is 0 Å². The Morgan fingerprint density at radius 3 is 2.35 bits per heavy atom. The van der Waals surface area contributed by atoms with Crippen LogP contribution in [0.5, 0.6) is 0 Å². The van der Waals surface area contributed by atoms with Gasteiger partial charge in [-0.1, -0.05) is 0 Å². The van der Waals surface area contributed by atoms with Crippen molar-refractivity contribution in [1.82, 2.24) is 0 Å². The fraction of sp³-hybridized carbons (Fsp3) is 0.214. The van der Waals surface area contributed by atoms with Crippen LogP contribution >= 0.6 is 0 Å². The molecule has 3 heteroatoms. The third-order valence-electron chi connectivity index (χ3n) is 2.41. The van der Waals surface area contributed by atoms with Gasteiger partial charge in [0.2, 0.25) is 0 Å². The first-order chi connectivity index (χ1) is 7.97. The maximum absolute atomic E-state index is 6.03. The molecule has 0 radical (unpaired) electrons. The molecule has 0 aliphatic rings. The van der Waals surface area contributed by atoms with Crippen LogP contribution in [-0.4, -0.2) is 12.9 Å². The van der Waals surface area contributed by atoms with E-state index in [2.05, 4.69) is 78.0 Å². The molecule has 88 valence electrons. The van der Waals surface area contributed by atoms with E-state index in [1.807, 2.05) is 0 Å². The molecule has 0 saturated heterocycles. The molecule has 0 unspecified atom stereocenters. The van der Waals surface area contributed by atoms with Gasteiger partial charge in [-0.15, -0.1) is 0 Å². The van der Waals surface area contributed by atoms with Gasteiger partial charge in [-0.3, -0.25) is 0 Å². The van der Waals surface area contributed by atoms with Crippen LogP contribution in [0, 0.1) is 0 Å². The number of hydrogen-bond donors (Lipinski definition) is 0. The summed E-state index contributed by atoms with van der Waals surface area (Å²) in [6.45, 7) is 6.57. The molecule has 2 aromatic rings. The van der Waals surface area contributed by atoms with E-state index in [0.717, 1.165) is 10.1 Å². The number of fused-ring (bicyclic) bond motifs is 1. The topological polar surface area (TPSA) is 9.23 Å². The summed E-state index contributed by atoms with van der Waals surface area (Å²) < 4.78 is 6.95. The van der Waals surface area contributed by atoms with Crippen LogP contribution in [0.2, 0.25) is 19.6 Å². The van der Waals surface area contributed by atoms with Gasteiger partial charge in [0.15, 0.2) is 0 Å². The molecular weight excluding hydrogens is 264 g/mol. The van der Waals surface area contributed by atoms with E-state index >= 15 is 0 Å². The van der Waals surface area contributed by atoms with Crippen LogP contribution in [0.15, 0.2) is 42.5 Å². The molecule has 1 nitrogen and oxygen atoms in total. The molecule has 0 aliphatic carbocycles. The predicted octanol–water partition coefficient (Wildman–Crippen LogP) is 3.72. The molecule has 17 heavy (non-hydrogen) atoms. The third-order valence-corrected chi connectivity index (χ3v) is 3.94. The fourth-order valence-corrected chi connectivity index (χ4v) is 3.85. The third kappa shape index (κ3) is 3.14. The Balaban J connectivity index is 2.45. The molecule has 0 bridgehead atoms. The molecule has 2 rings (SSSR count). The van der Waals surface area contributed by atoms with Gasteiger partial charge >= 0.3 is 112 Å². The molecule has 0 heterocycles. The normalized spacial score (nSPS) is 11.7. The Morgan fingerprint density at radius 1 is 1.00 bits per heavy atom. The van der Waals surface area contributed by atoms with Crippen LogP contribution in [0.4, 0.5) is 0 Å². The first-order valence-corrected chi connectivity index (χ1v) is 9.73. The van der Waals surface area contributed by atoms with Gasteiger partial charge in [-0.05, 0) is 0 Å². The van der Waals surface area contributed by atoms with Crippen LogP contribution < -0.4 is 0 Å². The van der Waals surface area contributed by atoms with Crippen LogP contribution in [0.3, 0.4) is 0 Å². The summed E-state index contributed by atoms with van der Waals surface area (Å²) in [4.78, 5) is 0. The quantitative estimate of drug-likeness (QED) is 0.779. The van der Waals surface area contributed by atoms with Gasteiger partial charge < -0.3 is 0 Å². The average Bonchev–Trinajstić information content (AvgIpc) is 2.26. The summed E-state index contributed by atoms with van der Waals surface area (Å²) >= 11 is 3.07. The summed E-state index contributed by atoms with van der Waals surface area (Å²) in [5, 5.41) is 2.49. The van der Waals surface area contributed by atoms with E-state index in [-0.39, 0.29) is 0 Å². The van der Waals surface area contributed by atoms with Gasteiger partial charge in [0, 0.05) is 0 Å². The van der Waals surface area contributed by atoms with Crippen molar-refractivity contribution in [2.75, 3.05) is 0 Å². The molecule has 0 saturated carbocycles. The first kappa shape index (κ1) is 12.7. The minimum absolute atomic E-state index is 0.918. The zero-order chi connectivity index (χ0) is 12.5. The molecule has 0 fully saturated rings. The Kier molecular flexibility index (Phi) is 3.65. The molecule has 0 amide bonds.